The Kier molecular flexibility index (Phi) is 4.27. The molecule has 0 saturated heterocycles. The lowest BCUT2D eigenvalue weighted by molar-refractivity contribution is -0.0150. The second kappa shape index (κ2) is 5.93. The molecule has 0 spiro atoms. The standard InChI is InChI=1S/C14H19NO4/c1-18-10-3-2-4-11(8-10)19-14(17)12-7-9(15)5-6-13(12)16/h5-7,10-11,16H,2-4,8,15H2,1H3. The number of rotatable bonds is 3. The molecular formula is C14H19NO4. The Bertz CT molecular complexity index is 461. The molecule has 5 heteroatoms. The predicted molar refractivity (Wildman–Crippen MR) is 71.0 cm³/mol. The monoisotopic (exact) mass is 265 g/mol. The Morgan fingerprint density at radius 1 is 1.37 bits per heavy atom. The van der Waals surface area contributed by atoms with Crippen LogP contribution in [0.2, 0.25) is 0 Å². The first-order valence-corrected chi connectivity index (χ1v) is 6.42. The van der Waals surface area contributed by atoms with Gasteiger partial charge in [-0.05, 0) is 37.5 Å². The Morgan fingerprint density at radius 2 is 2.11 bits per heavy atom. The predicted octanol–water partition coefficient (Wildman–Crippen LogP) is 2.09. The van der Waals surface area contributed by atoms with E-state index in [1.54, 1.807) is 7.11 Å². The van der Waals surface area contributed by atoms with Crippen LogP contribution < -0.4 is 5.73 Å². The van der Waals surface area contributed by atoms with Gasteiger partial charge in [0.25, 0.3) is 0 Å². The summed E-state index contributed by atoms with van der Waals surface area (Å²) in [5, 5.41) is 9.65. The number of carbonyl (C=O) groups is 1. The molecule has 0 aromatic heterocycles. The Morgan fingerprint density at radius 3 is 2.84 bits per heavy atom. The molecular weight excluding hydrogens is 246 g/mol. The van der Waals surface area contributed by atoms with Crippen molar-refractivity contribution in [3.8, 4) is 5.75 Å². The van der Waals surface area contributed by atoms with Crippen molar-refractivity contribution in [2.24, 2.45) is 0 Å². The van der Waals surface area contributed by atoms with Crippen molar-refractivity contribution in [1.29, 1.82) is 0 Å². The minimum absolute atomic E-state index is 0.111. The van der Waals surface area contributed by atoms with Gasteiger partial charge in [0.15, 0.2) is 0 Å². The van der Waals surface area contributed by atoms with E-state index in [1.807, 2.05) is 0 Å². The summed E-state index contributed by atoms with van der Waals surface area (Å²) in [6.45, 7) is 0. The molecule has 0 heterocycles. The normalized spacial score (nSPS) is 23.0. The Balaban J connectivity index is 2.02. The number of ether oxygens (including phenoxy) is 2. The number of hydrogen-bond donors (Lipinski definition) is 2. The zero-order valence-corrected chi connectivity index (χ0v) is 11.0. The topological polar surface area (TPSA) is 81.8 Å². The van der Waals surface area contributed by atoms with Gasteiger partial charge < -0.3 is 20.3 Å². The fourth-order valence-corrected chi connectivity index (χ4v) is 2.36. The summed E-state index contributed by atoms with van der Waals surface area (Å²) in [5.74, 6) is -0.648. The maximum atomic E-state index is 12.0. The lowest BCUT2D eigenvalue weighted by Gasteiger charge is -2.28. The number of carbonyl (C=O) groups excluding carboxylic acids is 1. The second-order valence-electron chi connectivity index (χ2n) is 4.83. The Hall–Kier alpha value is -1.75. The van der Waals surface area contributed by atoms with Crippen molar-refractivity contribution in [3.05, 3.63) is 23.8 Å². The van der Waals surface area contributed by atoms with E-state index in [4.69, 9.17) is 15.2 Å². The molecule has 0 bridgehead atoms. The van der Waals surface area contributed by atoms with Gasteiger partial charge in [-0.3, -0.25) is 0 Å². The number of methoxy groups -OCH3 is 1. The van der Waals surface area contributed by atoms with Gasteiger partial charge in [0.05, 0.1) is 6.10 Å². The summed E-state index contributed by atoms with van der Waals surface area (Å²) in [7, 11) is 1.67. The van der Waals surface area contributed by atoms with E-state index in [0.717, 1.165) is 19.3 Å². The molecule has 19 heavy (non-hydrogen) atoms. The van der Waals surface area contributed by atoms with E-state index in [-0.39, 0.29) is 23.5 Å². The van der Waals surface area contributed by atoms with Crippen molar-refractivity contribution in [1.82, 2.24) is 0 Å². The number of phenols is 1. The van der Waals surface area contributed by atoms with Crippen LogP contribution in [0.1, 0.15) is 36.0 Å². The molecule has 104 valence electrons. The quantitative estimate of drug-likeness (QED) is 0.497. The van der Waals surface area contributed by atoms with Crippen LogP contribution in [0.25, 0.3) is 0 Å². The van der Waals surface area contributed by atoms with Gasteiger partial charge in [-0.1, -0.05) is 0 Å². The molecule has 1 aliphatic rings. The molecule has 0 amide bonds. The average Bonchev–Trinajstić information content (AvgIpc) is 2.41. The first-order chi connectivity index (χ1) is 9.10. The van der Waals surface area contributed by atoms with E-state index >= 15 is 0 Å². The smallest absolute Gasteiger partial charge is 0.342 e. The number of nitrogens with two attached hydrogens (primary N) is 1. The number of nitrogen functional groups attached to an aromatic ring is 1. The fraction of sp³-hybridized carbons (Fsp3) is 0.500. The molecule has 1 aromatic carbocycles. The molecule has 0 radical (unpaired) electrons. The molecule has 3 N–H and O–H groups in total. The third kappa shape index (κ3) is 3.38. The van der Waals surface area contributed by atoms with Gasteiger partial charge in [-0.2, -0.15) is 0 Å². The van der Waals surface area contributed by atoms with Crippen molar-refractivity contribution in [2.75, 3.05) is 12.8 Å². The summed E-state index contributed by atoms with van der Waals surface area (Å²) < 4.78 is 10.7. The molecule has 2 unspecified atom stereocenters. The number of phenolic OH excluding ortho intramolecular Hbond substituents is 1. The van der Waals surface area contributed by atoms with Crippen LogP contribution in [0.4, 0.5) is 5.69 Å². The lowest BCUT2D eigenvalue weighted by atomic mass is 9.95. The van der Waals surface area contributed by atoms with Crippen LogP contribution >= 0.6 is 0 Å². The number of esters is 1. The van der Waals surface area contributed by atoms with Gasteiger partial charge in [-0.25, -0.2) is 4.79 Å². The minimum Gasteiger partial charge on any atom is -0.507 e. The second-order valence-corrected chi connectivity index (χ2v) is 4.83. The fourth-order valence-electron chi connectivity index (χ4n) is 2.36. The van der Waals surface area contributed by atoms with E-state index in [9.17, 15) is 9.90 Å². The molecule has 0 aliphatic heterocycles. The van der Waals surface area contributed by atoms with Crippen molar-refractivity contribution in [3.63, 3.8) is 0 Å². The van der Waals surface area contributed by atoms with Gasteiger partial charge in [0.2, 0.25) is 0 Å². The van der Waals surface area contributed by atoms with Crippen LogP contribution in [0, 0.1) is 0 Å². The summed E-state index contributed by atoms with van der Waals surface area (Å²) in [6.07, 6.45) is 3.47. The number of benzene rings is 1. The number of aromatic hydroxyl groups is 1. The highest BCUT2D eigenvalue weighted by molar-refractivity contribution is 5.93. The maximum absolute atomic E-state index is 12.0. The number of hydrogen-bond acceptors (Lipinski definition) is 5. The lowest BCUT2D eigenvalue weighted by Crippen LogP contribution is -2.29. The van der Waals surface area contributed by atoms with Crippen molar-refractivity contribution in [2.45, 2.75) is 37.9 Å². The SMILES string of the molecule is COC1CCCC(OC(=O)c2cc(N)ccc2O)C1. The summed E-state index contributed by atoms with van der Waals surface area (Å²) in [4.78, 5) is 12.0. The molecule has 1 aliphatic carbocycles. The maximum Gasteiger partial charge on any atom is 0.342 e. The minimum atomic E-state index is -0.536. The molecule has 1 aromatic rings. The van der Waals surface area contributed by atoms with Gasteiger partial charge >= 0.3 is 5.97 Å². The first kappa shape index (κ1) is 13.7. The highest BCUT2D eigenvalue weighted by Crippen LogP contribution is 2.26. The van der Waals surface area contributed by atoms with Crippen LogP contribution in [-0.4, -0.2) is 30.4 Å². The van der Waals surface area contributed by atoms with Gasteiger partial charge in [0.1, 0.15) is 17.4 Å². The van der Waals surface area contributed by atoms with Crippen LogP contribution in [0.3, 0.4) is 0 Å². The van der Waals surface area contributed by atoms with Crippen LogP contribution in [0.15, 0.2) is 18.2 Å². The summed E-state index contributed by atoms with van der Waals surface area (Å²) in [5.41, 5.74) is 6.13. The highest BCUT2D eigenvalue weighted by atomic mass is 16.5. The largest absolute Gasteiger partial charge is 0.507 e. The zero-order valence-electron chi connectivity index (χ0n) is 11.0. The van der Waals surface area contributed by atoms with Crippen molar-refractivity contribution >= 4 is 11.7 Å². The zero-order chi connectivity index (χ0) is 13.8. The van der Waals surface area contributed by atoms with E-state index in [2.05, 4.69) is 0 Å². The van der Waals surface area contributed by atoms with Crippen LogP contribution in [0.5, 0.6) is 5.75 Å². The third-order valence-electron chi connectivity index (χ3n) is 3.43. The van der Waals surface area contributed by atoms with Crippen molar-refractivity contribution < 1.29 is 19.4 Å². The average molecular weight is 265 g/mol. The third-order valence-corrected chi connectivity index (χ3v) is 3.43. The number of anilines is 1. The molecule has 2 rings (SSSR count). The summed E-state index contributed by atoms with van der Waals surface area (Å²) >= 11 is 0. The van der Waals surface area contributed by atoms with E-state index in [0.29, 0.717) is 12.1 Å². The first-order valence-electron chi connectivity index (χ1n) is 6.42. The van der Waals surface area contributed by atoms with Crippen LogP contribution in [-0.2, 0) is 9.47 Å². The summed E-state index contributed by atoms with van der Waals surface area (Å²) in [6, 6.07) is 4.35. The Labute approximate surface area is 112 Å². The van der Waals surface area contributed by atoms with E-state index < -0.39 is 5.97 Å². The molecule has 2 atom stereocenters. The molecule has 5 nitrogen and oxygen atoms in total. The molecule has 1 fully saturated rings. The van der Waals surface area contributed by atoms with Gasteiger partial charge in [-0.15, -0.1) is 0 Å². The van der Waals surface area contributed by atoms with Gasteiger partial charge in [0, 0.05) is 19.2 Å². The highest BCUT2D eigenvalue weighted by Gasteiger charge is 2.26. The van der Waals surface area contributed by atoms with E-state index in [1.165, 1.54) is 18.2 Å². The molecule has 1 saturated carbocycles.